The molecular weight excluding hydrogens is 426 g/mol. The van der Waals surface area contributed by atoms with E-state index >= 15 is 0 Å². The third-order valence-corrected chi connectivity index (χ3v) is 6.76. The Hall–Kier alpha value is -3.62. The fourth-order valence-electron chi connectivity index (χ4n) is 4.87. The number of nitrogens with two attached hydrogens (primary N) is 1. The van der Waals surface area contributed by atoms with E-state index in [1.807, 2.05) is 42.5 Å². The third-order valence-electron chi connectivity index (χ3n) is 6.76. The normalized spacial score (nSPS) is 17.1. The highest BCUT2D eigenvalue weighted by atomic mass is 16.5. The zero-order chi connectivity index (χ0) is 23.2. The summed E-state index contributed by atoms with van der Waals surface area (Å²) in [4.78, 5) is 10.7. The molecule has 4 aromatic rings. The van der Waals surface area contributed by atoms with Crippen molar-refractivity contribution in [1.82, 2.24) is 29.7 Å². The maximum absolute atomic E-state index is 6.28. The predicted octanol–water partition coefficient (Wildman–Crippen LogP) is 3.51. The van der Waals surface area contributed by atoms with Crippen LogP contribution in [-0.2, 0) is 13.6 Å². The van der Waals surface area contributed by atoms with E-state index in [2.05, 4.69) is 46.3 Å². The maximum Gasteiger partial charge on any atom is 0.140 e. The molecule has 0 radical (unpaired) electrons. The van der Waals surface area contributed by atoms with Crippen molar-refractivity contribution in [3.63, 3.8) is 0 Å². The number of aromatic nitrogens is 4. The molecule has 8 heteroatoms. The SMILES string of the molecule is CN1CCC(Oc2ccc3nc(C4=CN(N)Cc5ccc(-c6cnn(C)c6)cc54)[nH]c3c2)CC1. The maximum atomic E-state index is 6.28. The van der Waals surface area contributed by atoms with Crippen molar-refractivity contribution in [1.29, 1.82) is 0 Å². The van der Waals surface area contributed by atoms with E-state index in [0.717, 1.165) is 70.8 Å². The molecule has 0 spiro atoms. The lowest BCUT2D eigenvalue weighted by Crippen LogP contribution is -2.35. The van der Waals surface area contributed by atoms with Gasteiger partial charge in [0.2, 0.25) is 0 Å². The van der Waals surface area contributed by atoms with Gasteiger partial charge in [-0.05, 0) is 54.8 Å². The average molecular weight is 456 g/mol. The molecule has 0 unspecified atom stereocenters. The van der Waals surface area contributed by atoms with Crippen LogP contribution in [0.4, 0.5) is 0 Å². The number of ether oxygens (including phenoxy) is 1. The molecule has 0 aliphatic carbocycles. The first-order chi connectivity index (χ1) is 16.5. The molecule has 1 saturated heterocycles. The largest absolute Gasteiger partial charge is 0.490 e. The van der Waals surface area contributed by atoms with Crippen LogP contribution in [0, 0.1) is 0 Å². The number of hydrogen-bond acceptors (Lipinski definition) is 6. The molecule has 34 heavy (non-hydrogen) atoms. The summed E-state index contributed by atoms with van der Waals surface area (Å²) in [6.07, 6.45) is 8.24. The zero-order valence-corrected chi connectivity index (χ0v) is 19.5. The number of imidazole rings is 1. The topological polar surface area (TPSA) is 88.2 Å². The molecular formula is C26H29N7O. The average Bonchev–Trinajstić information content (AvgIpc) is 3.45. The molecule has 6 rings (SSSR count). The highest BCUT2D eigenvalue weighted by Crippen LogP contribution is 2.34. The molecule has 174 valence electrons. The van der Waals surface area contributed by atoms with Gasteiger partial charge in [0, 0.05) is 49.7 Å². The lowest BCUT2D eigenvalue weighted by Gasteiger charge is -2.29. The summed E-state index contributed by atoms with van der Waals surface area (Å²) in [5, 5.41) is 6.03. The van der Waals surface area contributed by atoms with Gasteiger partial charge in [-0.2, -0.15) is 5.10 Å². The van der Waals surface area contributed by atoms with Crippen molar-refractivity contribution in [2.75, 3.05) is 20.1 Å². The smallest absolute Gasteiger partial charge is 0.140 e. The number of H-pyrrole nitrogens is 1. The van der Waals surface area contributed by atoms with Gasteiger partial charge in [-0.15, -0.1) is 0 Å². The van der Waals surface area contributed by atoms with Crippen LogP contribution in [0.5, 0.6) is 5.75 Å². The number of likely N-dealkylation sites (tertiary alicyclic amines) is 1. The van der Waals surface area contributed by atoms with Gasteiger partial charge in [0.05, 0.1) is 23.8 Å². The van der Waals surface area contributed by atoms with E-state index in [-0.39, 0.29) is 6.10 Å². The molecule has 3 N–H and O–H groups in total. The summed E-state index contributed by atoms with van der Waals surface area (Å²) in [7, 11) is 4.09. The third kappa shape index (κ3) is 3.95. The summed E-state index contributed by atoms with van der Waals surface area (Å²) < 4.78 is 8.10. The Bertz CT molecular complexity index is 1380. The van der Waals surface area contributed by atoms with Crippen molar-refractivity contribution in [2.45, 2.75) is 25.5 Å². The van der Waals surface area contributed by atoms with E-state index in [1.54, 1.807) is 5.01 Å². The van der Waals surface area contributed by atoms with E-state index in [1.165, 1.54) is 5.56 Å². The predicted molar refractivity (Wildman–Crippen MR) is 133 cm³/mol. The van der Waals surface area contributed by atoms with Crippen LogP contribution in [0.3, 0.4) is 0 Å². The van der Waals surface area contributed by atoms with Gasteiger partial charge in [-0.1, -0.05) is 12.1 Å². The van der Waals surface area contributed by atoms with E-state index < -0.39 is 0 Å². The van der Waals surface area contributed by atoms with Crippen molar-refractivity contribution in [3.05, 3.63) is 71.9 Å². The summed E-state index contributed by atoms with van der Waals surface area (Å²) in [6.45, 7) is 2.80. The minimum atomic E-state index is 0.265. The Kier molecular flexibility index (Phi) is 5.12. The summed E-state index contributed by atoms with van der Waals surface area (Å²) in [6, 6.07) is 12.6. The number of hydrogen-bond donors (Lipinski definition) is 2. The van der Waals surface area contributed by atoms with Crippen LogP contribution in [0.25, 0.3) is 27.7 Å². The number of nitrogens with zero attached hydrogens (tertiary/aromatic N) is 5. The van der Waals surface area contributed by atoms with Gasteiger partial charge >= 0.3 is 0 Å². The summed E-state index contributed by atoms with van der Waals surface area (Å²) >= 11 is 0. The first kappa shape index (κ1) is 20.9. The molecule has 2 aromatic heterocycles. The lowest BCUT2D eigenvalue weighted by atomic mass is 9.93. The first-order valence-electron chi connectivity index (χ1n) is 11.7. The Morgan fingerprint density at radius 1 is 1.06 bits per heavy atom. The van der Waals surface area contributed by atoms with Gasteiger partial charge in [-0.3, -0.25) is 4.68 Å². The van der Waals surface area contributed by atoms with Crippen molar-refractivity contribution in [2.24, 2.45) is 12.9 Å². The monoisotopic (exact) mass is 455 g/mol. The number of benzene rings is 2. The van der Waals surface area contributed by atoms with Crippen LogP contribution in [-0.4, -0.2) is 55.9 Å². The number of aryl methyl sites for hydroxylation is 1. The number of rotatable bonds is 4. The quantitative estimate of drug-likeness (QED) is 0.458. The molecule has 0 atom stereocenters. The Morgan fingerprint density at radius 2 is 1.91 bits per heavy atom. The number of piperidine rings is 1. The van der Waals surface area contributed by atoms with E-state index in [4.69, 9.17) is 15.6 Å². The Balaban J connectivity index is 1.33. The Labute approximate surface area is 198 Å². The first-order valence-corrected chi connectivity index (χ1v) is 11.7. The second-order valence-corrected chi connectivity index (χ2v) is 9.37. The van der Waals surface area contributed by atoms with Crippen molar-refractivity contribution < 1.29 is 4.74 Å². The minimum Gasteiger partial charge on any atom is -0.490 e. The molecule has 0 saturated carbocycles. The second-order valence-electron chi connectivity index (χ2n) is 9.37. The highest BCUT2D eigenvalue weighted by Gasteiger charge is 2.22. The standard InChI is InChI=1S/C26H29N7O/c1-31-9-7-20(8-10-31)34-21-5-6-24-25(12-21)30-26(29-24)23-16-33(27)15-18-4-3-17(11-22(18)23)19-13-28-32(2)14-19/h3-6,11-14,16,20H,7-10,15,27H2,1-2H3,(H,29,30). The van der Waals surface area contributed by atoms with Gasteiger partial charge in [0.25, 0.3) is 0 Å². The van der Waals surface area contributed by atoms with Crippen molar-refractivity contribution in [3.8, 4) is 16.9 Å². The van der Waals surface area contributed by atoms with Crippen LogP contribution in [0.1, 0.15) is 29.8 Å². The molecule has 0 bridgehead atoms. The molecule has 1 fully saturated rings. The lowest BCUT2D eigenvalue weighted by molar-refractivity contribution is 0.114. The Morgan fingerprint density at radius 3 is 2.71 bits per heavy atom. The highest BCUT2D eigenvalue weighted by molar-refractivity contribution is 5.86. The second kappa shape index (κ2) is 8.30. The zero-order valence-electron chi connectivity index (χ0n) is 19.5. The molecule has 0 amide bonds. The summed E-state index contributed by atoms with van der Waals surface area (Å²) in [5.74, 6) is 7.92. The van der Waals surface area contributed by atoms with E-state index in [9.17, 15) is 0 Å². The van der Waals surface area contributed by atoms with Crippen LogP contribution < -0.4 is 10.6 Å². The molecule has 2 aliphatic heterocycles. The van der Waals surface area contributed by atoms with Gasteiger partial charge < -0.3 is 19.6 Å². The molecule has 2 aromatic carbocycles. The summed E-state index contributed by atoms with van der Waals surface area (Å²) in [5.41, 5.74) is 7.34. The molecule has 2 aliphatic rings. The number of aromatic amines is 1. The fourth-order valence-corrected chi connectivity index (χ4v) is 4.87. The molecule has 4 heterocycles. The minimum absolute atomic E-state index is 0.265. The fraction of sp³-hybridized carbons (Fsp3) is 0.308. The van der Waals surface area contributed by atoms with Crippen molar-refractivity contribution >= 4 is 16.6 Å². The molecule has 8 nitrogen and oxygen atoms in total. The van der Waals surface area contributed by atoms with Gasteiger partial charge in [0.15, 0.2) is 0 Å². The van der Waals surface area contributed by atoms with Gasteiger partial charge in [0.1, 0.15) is 17.7 Å². The van der Waals surface area contributed by atoms with Gasteiger partial charge in [-0.25, -0.2) is 10.8 Å². The van der Waals surface area contributed by atoms with Crippen LogP contribution in [0.15, 0.2) is 55.0 Å². The van der Waals surface area contributed by atoms with Crippen LogP contribution >= 0.6 is 0 Å². The number of nitrogens with one attached hydrogen (secondary N) is 1. The number of fused-ring (bicyclic) bond motifs is 2. The number of hydrazine groups is 1. The van der Waals surface area contributed by atoms with E-state index in [0.29, 0.717) is 6.54 Å². The van der Waals surface area contributed by atoms with Crippen LogP contribution in [0.2, 0.25) is 0 Å².